The molecule has 8 heteroatoms. The highest BCUT2D eigenvalue weighted by molar-refractivity contribution is 7.16. The molecule has 4 rings (SSSR count). The molecule has 3 aromatic carbocycles. The number of hydrogen-bond donors (Lipinski definition) is 1. The first-order valence-corrected chi connectivity index (χ1v) is 12.0. The molecule has 1 heterocycles. The first-order valence-electron chi connectivity index (χ1n) is 10.5. The van der Waals surface area contributed by atoms with Crippen molar-refractivity contribution in [2.75, 3.05) is 5.32 Å². The van der Waals surface area contributed by atoms with Crippen LogP contribution in [0.15, 0.2) is 72.8 Å². The number of nitrogens with one attached hydrogen (secondary N) is 1. The normalized spacial score (nSPS) is 10.7. The van der Waals surface area contributed by atoms with Gasteiger partial charge in [0.15, 0.2) is 10.9 Å². The van der Waals surface area contributed by atoms with Crippen molar-refractivity contribution in [3.63, 3.8) is 0 Å². The molecule has 0 atom stereocenters. The van der Waals surface area contributed by atoms with E-state index < -0.39 is 0 Å². The minimum absolute atomic E-state index is 0.0574. The maximum absolute atomic E-state index is 12.5. The number of aromatic nitrogens is 1. The number of carbonyl (C=O) groups is 2. The summed E-state index contributed by atoms with van der Waals surface area (Å²) in [6.07, 6.45) is 0.149. The predicted octanol–water partition coefficient (Wildman–Crippen LogP) is 7.82. The summed E-state index contributed by atoms with van der Waals surface area (Å²) in [5.74, 6) is 0.968. The second-order valence-corrected chi connectivity index (χ2v) is 9.48. The largest absolute Gasteiger partial charge is 0.457 e. The third-order valence-corrected chi connectivity index (χ3v) is 6.60. The summed E-state index contributed by atoms with van der Waals surface area (Å²) in [5.41, 5.74) is 2.08. The highest BCUT2D eigenvalue weighted by atomic mass is 35.5. The molecule has 4 aromatic rings. The second kappa shape index (κ2) is 10.8. The van der Waals surface area contributed by atoms with E-state index in [1.165, 1.54) is 11.3 Å². The Bertz CT molecular complexity index is 1320. The number of carbonyl (C=O) groups excluding carboxylic acids is 2. The Labute approximate surface area is 211 Å². The molecule has 0 saturated heterocycles. The van der Waals surface area contributed by atoms with Crippen LogP contribution in [-0.4, -0.2) is 16.7 Å². The topological polar surface area (TPSA) is 68.3 Å². The van der Waals surface area contributed by atoms with Crippen LogP contribution >= 0.6 is 34.5 Å². The number of ketones is 1. The molecule has 1 aromatic heterocycles. The Morgan fingerprint density at radius 1 is 0.912 bits per heavy atom. The number of Topliss-reactive ketones (excluding diaryl/α,β-unsaturated/α-hetero) is 1. The zero-order valence-electron chi connectivity index (χ0n) is 18.2. The number of anilines is 1. The van der Waals surface area contributed by atoms with Crippen molar-refractivity contribution in [3.05, 3.63) is 93.3 Å². The third kappa shape index (κ3) is 6.03. The highest BCUT2D eigenvalue weighted by Crippen LogP contribution is 2.34. The van der Waals surface area contributed by atoms with Gasteiger partial charge in [-0.05, 0) is 55.5 Å². The second-order valence-electron chi connectivity index (χ2n) is 7.46. The van der Waals surface area contributed by atoms with Gasteiger partial charge in [0.2, 0.25) is 5.91 Å². The van der Waals surface area contributed by atoms with Crippen LogP contribution in [0.4, 0.5) is 5.13 Å². The molecule has 0 saturated carbocycles. The molecule has 0 unspecified atom stereocenters. The van der Waals surface area contributed by atoms with Gasteiger partial charge in [0, 0.05) is 28.8 Å². The Morgan fingerprint density at radius 3 is 2.32 bits per heavy atom. The minimum Gasteiger partial charge on any atom is -0.457 e. The zero-order chi connectivity index (χ0) is 24.1. The summed E-state index contributed by atoms with van der Waals surface area (Å²) in [7, 11) is 0. The van der Waals surface area contributed by atoms with Gasteiger partial charge in [0.25, 0.3) is 0 Å². The Morgan fingerprint density at radius 2 is 1.62 bits per heavy atom. The van der Waals surface area contributed by atoms with Gasteiger partial charge in [-0.1, -0.05) is 47.5 Å². The number of ether oxygens (including phenoxy) is 1. The van der Waals surface area contributed by atoms with Crippen molar-refractivity contribution < 1.29 is 14.3 Å². The zero-order valence-corrected chi connectivity index (χ0v) is 20.5. The fraction of sp³-hybridized carbons (Fsp3) is 0.115. The third-order valence-electron chi connectivity index (χ3n) is 4.97. The van der Waals surface area contributed by atoms with E-state index in [2.05, 4.69) is 10.3 Å². The number of thiazole rings is 1. The van der Waals surface area contributed by atoms with Gasteiger partial charge < -0.3 is 10.1 Å². The van der Waals surface area contributed by atoms with Gasteiger partial charge >= 0.3 is 0 Å². The van der Waals surface area contributed by atoms with Crippen molar-refractivity contribution in [2.45, 2.75) is 19.8 Å². The molecule has 34 heavy (non-hydrogen) atoms. The van der Waals surface area contributed by atoms with Crippen LogP contribution in [0, 0.1) is 6.92 Å². The fourth-order valence-corrected chi connectivity index (χ4v) is 4.40. The molecule has 0 aliphatic carbocycles. The maximum Gasteiger partial charge on any atom is 0.226 e. The van der Waals surface area contributed by atoms with Crippen molar-refractivity contribution in [1.82, 2.24) is 4.98 Å². The van der Waals surface area contributed by atoms with Crippen LogP contribution in [0.1, 0.15) is 28.1 Å². The van der Waals surface area contributed by atoms with Gasteiger partial charge in [0.05, 0.1) is 15.7 Å². The SMILES string of the molecule is Cc1sc(NC(=O)CCC(=O)c2ccc(Oc3ccccc3)cc2)nc1-c1ccc(Cl)c(Cl)c1. The smallest absolute Gasteiger partial charge is 0.226 e. The number of hydrogen-bond acceptors (Lipinski definition) is 5. The van der Waals surface area contributed by atoms with E-state index in [9.17, 15) is 9.59 Å². The Balaban J connectivity index is 1.31. The number of halogens is 2. The number of benzene rings is 3. The van der Waals surface area contributed by atoms with Gasteiger partial charge in [0.1, 0.15) is 11.5 Å². The van der Waals surface area contributed by atoms with Crippen molar-refractivity contribution in [1.29, 1.82) is 0 Å². The van der Waals surface area contributed by atoms with Crippen molar-refractivity contribution in [3.8, 4) is 22.8 Å². The number of para-hydroxylation sites is 1. The molecule has 0 aliphatic rings. The molecule has 1 N–H and O–H groups in total. The van der Waals surface area contributed by atoms with Gasteiger partial charge in [-0.3, -0.25) is 9.59 Å². The highest BCUT2D eigenvalue weighted by Gasteiger charge is 2.15. The summed E-state index contributed by atoms with van der Waals surface area (Å²) in [6.45, 7) is 1.92. The maximum atomic E-state index is 12.5. The van der Waals surface area contributed by atoms with E-state index in [-0.39, 0.29) is 24.5 Å². The minimum atomic E-state index is -0.271. The molecule has 5 nitrogen and oxygen atoms in total. The molecule has 0 aliphatic heterocycles. The van der Waals surface area contributed by atoms with E-state index in [0.29, 0.717) is 26.5 Å². The fourth-order valence-electron chi connectivity index (χ4n) is 3.25. The van der Waals surface area contributed by atoms with Crippen LogP contribution in [0.25, 0.3) is 11.3 Å². The lowest BCUT2D eigenvalue weighted by Gasteiger charge is -2.06. The average molecular weight is 511 g/mol. The summed E-state index contributed by atoms with van der Waals surface area (Å²) in [4.78, 5) is 30.4. The quantitative estimate of drug-likeness (QED) is 0.245. The first kappa shape index (κ1) is 24.0. The van der Waals surface area contributed by atoms with Crippen LogP contribution in [0.5, 0.6) is 11.5 Å². The Kier molecular flexibility index (Phi) is 7.63. The summed E-state index contributed by atoms with van der Waals surface area (Å²) < 4.78 is 5.74. The molecule has 0 fully saturated rings. The molecule has 0 spiro atoms. The summed E-state index contributed by atoms with van der Waals surface area (Å²) >= 11 is 13.5. The lowest BCUT2D eigenvalue weighted by Crippen LogP contribution is -2.13. The predicted molar refractivity (Wildman–Crippen MR) is 137 cm³/mol. The lowest BCUT2D eigenvalue weighted by atomic mass is 10.1. The van der Waals surface area contributed by atoms with Crippen LogP contribution in [-0.2, 0) is 4.79 Å². The van der Waals surface area contributed by atoms with E-state index in [1.54, 1.807) is 36.4 Å². The summed E-state index contributed by atoms with van der Waals surface area (Å²) in [6, 6.07) is 21.6. The number of aryl methyl sites for hydroxylation is 1. The van der Waals surface area contributed by atoms with Crippen molar-refractivity contribution >= 4 is 51.4 Å². The van der Waals surface area contributed by atoms with E-state index in [0.717, 1.165) is 21.9 Å². The lowest BCUT2D eigenvalue weighted by molar-refractivity contribution is -0.116. The number of nitrogens with zero attached hydrogens (tertiary/aromatic N) is 1. The first-order chi connectivity index (χ1) is 16.4. The van der Waals surface area contributed by atoms with E-state index in [1.807, 2.05) is 43.3 Å². The van der Waals surface area contributed by atoms with Crippen LogP contribution in [0.3, 0.4) is 0 Å². The number of rotatable bonds is 8. The molecular weight excluding hydrogens is 491 g/mol. The van der Waals surface area contributed by atoms with Crippen LogP contribution in [0.2, 0.25) is 10.0 Å². The van der Waals surface area contributed by atoms with E-state index in [4.69, 9.17) is 27.9 Å². The standard InChI is InChI=1S/C26H20Cl2N2O3S/c1-16-25(18-9-12-21(27)22(28)15-18)30-26(34-16)29-24(32)14-13-23(31)17-7-10-20(11-8-17)33-19-5-3-2-4-6-19/h2-12,15H,13-14H2,1H3,(H,29,30,32). The van der Waals surface area contributed by atoms with Crippen molar-refractivity contribution in [2.24, 2.45) is 0 Å². The molecular formula is C26H20Cl2N2O3S. The number of amides is 1. The monoisotopic (exact) mass is 510 g/mol. The van der Waals surface area contributed by atoms with Gasteiger partial charge in [-0.15, -0.1) is 11.3 Å². The summed E-state index contributed by atoms with van der Waals surface area (Å²) in [5, 5.41) is 4.16. The molecule has 172 valence electrons. The van der Waals surface area contributed by atoms with Gasteiger partial charge in [-0.25, -0.2) is 4.98 Å². The van der Waals surface area contributed by atoms with Crippen LogP contribution < -0.4 is 10.1 Å². The molecule has 0 radical (unpaired) electrons. The average Bonchev–Trinajstić information content (AvgIpc) is 3.20. The van der Waals surface area contributed by atoms with Gasteiger partial charge in [-0.2, -0.15) is 0 Å². The molecule has 0 bridgehead atoms. The van der Waals surface area contributed by atoms with E-state index >= 15 is 0 Å². The molecule has 1 amide bonds. The Hall–Kier alpha value is -3.19.